The Hall–Kier alpha value is -2.77. The van der Waals surface area contributed by atoms with E-state index in [1.54, 1.807) is 14.0 Å². The van der Waals surface area contributed by atoms with Gasteiger partial charge in [0.25, 0.3) is 17.4 Å². The minimum atomic E-state index is -0.428. The number of amides is 2. The molecule has 8 nitrogen and oxygen atoms in total. The van der Waals surface area contributed by atoms with Gasteiger partial charge in [0.2, 0.25) is 0 Å². The van der Waals surface area contributed by atoms with Gasteiger partial charge in [-0.3, -0.25) is 19.3 Å². The summed E-state index contributed by atoms with van der Waals surface area (Å²) in [6.07, 6.45) is 1.27. The van der Waals surface area contributed by atoms with Gasteiger partial charge < -0.3 is 9.55 Å². The minimum absolute atomic E-state index is 0.139. The van der Waals surface area contributed by atoms with E-state index in [0.29, 0.717) is 11.2 Å². The second-order valence-corrected chi connectivity index (χ2v) is 4.57. The van der Waals surface area contributed by atoms with Crippen LogP contribution in [-0.4, -0.2) is 43.3 Å². The van der Waals surface area contributed by atoms with Gasteiger partial charge in [0.05, 0.1) is 11.9 Å². The highest BCUT2D eigenvalue weighted by Gasteiger charge is 2.36. The molecule has 20 heavy (non-hydrogen) atoms. The van der Waals surface area contributed by atoms with Crippen LogP contribution in [0.2, 0.25) is 0 Å². The van der Waals surface area contributed by atoms with Crippen molar-refractivity contribution in [3.63, 3.8) is 0 Å². The van der Waals surface area contributed by atoms with Crippen molar-refractivity contribution in [2.45, 2.75) is 6.92 Å². The first kappa shape index (κ1) is 12.3. The number of nitrogens with zero attached hydrogens (tertiary/aromatic N) is 4. The zero-order chi connectivity index (χ0) is 14.6. The first-order valence-electron chi connectivity index (χ1n) is 5.87. The highest BCUT2D eigenvalue weighted by atomic mass is 16.2. The van der Waals surface area contributed by atoms with Gasteiger partial charge in [0.15, 0.2) is 11.2 Å². The maximum atomic E-state index is 12.1. The number of H-pyrrole nitrogens is 1. The number of nitrogens with one attached hydrogen (secondary N) is 1. The van der Waals surface area contributed by atoms with Crippen molar-refractivity contribution < 1.29 is 9.59 Å². The number of carbonyl (C=O) groups is 2. The summed E-state index contributed by atoms with van der Waals surface area (Å²) in [6, 6.07) is 0. The summed E-state index contributed by atoms with van der Waals surface area (Å²) >= 11 is 0. The molecule has 1 N–H and O–H groups in total. The molecular weight excluding hydrogens is 262 g/mol. The van der Waals surface area contributed by atoms with Crippen molar-refractivity contribution in [1.29, 1.82) is 0 Å². The SMILES string of the molecule is CC1=C(c2nc3c(=O)[nH]cnc3n2C)C(=O)N(C)C1=O. The second-order valence-electron chi connectivity index (χ2n) is 4.57. The number of hydrogen-bond donors (Lipinski definition) is 1. The van der Waals surface area contributed by atoms with Crippen molar-refractivity contribution in [2.75, 3.05) is 7.05 Å². The van der Waals surface area contributed by atoms with Gasteiger partial charge in [-0.15, -0.1) is 0 Å². The first-order valence-corrected chi connectivity index (χ1v) is 5.87. The molecule has 1 aliphatic rings. The number of hydrogen-bond acceptors (Lipinski definition) is 5. The van der Waals surface area contributed by atoms with Gasteiger partial charge >= 0.3 is 0 Å². The molecule has 2 aromatic rings. The molecule has 0 spiro atoms. The molecule has 102 valence electrons. The Kier molecular flexibility index (Phi) is 2.37. The first-order chi connectivity index (χ1) is 9.43. The van der Waals surface area contributed by atoms with Crippen LogP contribution in [0.25, 0.3) is 16.7 Å². The molecule has 8 heteroatoms. The minimum Gasteiger partial charge on any atom is -0.311 e. The molecule has 0 radical (unpaired) electrons. The van der Waals surface area contributed by atoms with Crippen LogP contribution in [0.1, 0.15) is 12.7 Å². The van der Waals surface area contributed by atoms with Crippen molar-refractivity contribution >= 4 is 28.6 Å². The predicted octanol–water partition coefficient (Wildman–Crippen LogP) is -0.571. The Morgan fingerprint density at radius 1 is 1.15 bits per heavy atom. The number of fused-ring (bicyclic) bond motifs is 1. The third-order valence-corrected chi connectivity index (χ3v) is 3.41. The number of aryl methyl sites for hydroxylation is 1. The van der Waals surface area contributed by atoms with Gasteiger partial charge in [-0.2, -0.15) is 0 Å². The van der Waals surface area contributed by atoms with Crippen molar-refractivity contribution in [1.82, 2.24) is 24.4 Å². The summed E-state index contributed by atoms with van der Waals surface area (Å²) in [5.74, 6) is -0.523. The van der Waals surface area contributed by atoms with E-state index in [1.807, 2.05) is 0 Å². The van der Waals surface area contributed by atoms with E-state index in [9.17, 15) is 14.4 Å². The molecular formula is C12H11N5O3. The molecule has 0 bridgehead atoms. The Morgan fingerprint density at radius 3 is 2.40 bits per heavy atom. The van der Waals surface area contributed by atoms with Gasteiger partial charge in [-0.25, -0.2) is 9.97 Å². The third kappa shape index (κ3) is 1.38. The van der Waals surface area contributed by atoms with E-state index in [-0.39, 0.29) is 28.4 Å². The lowest BCUT2D eigenvalue weighted by Crippen LogP contribution is -2.26. The van der Waals surface area contributed by atoms with Crippen LogP contribution in [0.3, 0.4) is 0 Å². The lowest BCUT2D eigenvalue weighted by molar-refractivity contribution is -0.135. The lowest BCUT2D eigenvalue weighted by Gasteiger charge is -2.06. The smallest absolute Gasteiger partial charge is 0.278 e. The molecule has 0 atom stereocenters. The van der Waals surface area contributed by atoms with Crippen LogP contribution in [0.5, 0.6) is 0 Å². The summed E-state index contributed by atoms with van der Waals surface area (Å²) in [5.41, 5.74) is 0.629. The van der Waals surface area contributed by atoms with Crippen molar-refractivity contribution in [3.05, 3.63) is 28.1 Å². The van der Waals surface area contributed by atoms with Crippen LogP contribution in [0.4, 0.5) is 0 Å². The zero-order valence-electron chi connectivity index (χ0n) is 11.1. The van der Waals surface area contributed by atoms with E-state index in [2.05, 4.69) is 15.0 Å². The highest BCUT2D eigenvalue weighted by Crippen LogP contribution is 2.28. The Balaban J connectivity index is 2.34. The fourth-order valence-electron chi connectivity index (χ4n) is 2.28. The molecule has 0 unspecified atom stereocenters. The predicted molar refractivity (Wildman–Crippen MR) is 69.5 cm³/mol. The molecule has 0 aliphatic carbocycles. The average Bonchev–Trinajstić information content (AvgIpc) is 2.84. The van der Waals surface area contributed by atoms with Gasteiger partial charge in [0.1, 0.15) is 5.82 Å². The zero-order valence-corrected chi connectivity index (χ0v) is 11.1. The molecule has 2 aromatic heterocycles. The molecule has 3 heterocycles. The molecule has 0 saturated heterocycles. The molecule has 0 aromatic carbocycles. The topological polar surface area (TPSA) is 101 Å². The number of rotatable bonds is 1. The number of imide groups is 1. The van der Waals surface area contributed by atoms with Gasteiger partial charge in [0, 0.05) is 19.7 Å². The Bertz CT molecular complexity index is 858. The van der Waals surface area contributed by atoms with Crippen LogP contribution >= 0.6 is 0 Å². The summed E-state index contributed by atoms with van der Waals surface area (Å²) in [5, 5.41) is 0. The van der Waals surface area contributed by atoms with E-state index < -0.39 is 5.91 Å². The lowest BCUT2D eigenvalue weighted by atomic mass is 10.1. The molecule has 0 saturated carbocycles. The number of likely N-dealkylation sites (N-methyl/N-ethyl adjacent to an activating group) is 1. The van der Waals surface area contributed by atoms with E-state index in [0.717, 1.165) is 4.90 Å². The van der Waals surface area contributed by atoms with Gasteiger partial charge in [-0.1, -0.05) is 0 Å². The summed E-state index contributed by atoms with van der Waals surface area (Å²) < 4.78 is 1.54. The summed E-state index contributed by atoms with van der Waals surface area (Å²) in [4.78, 5) is 47.3. The maximum absolute atomic E-state index is 12.1. The standard InChI is InChI=1S/C12H11N5O3/c1-5-6(12(20)17(3)11(5)19)8-15-7-9(16(8)2)13-4-14-10(7)18/h4H,1-3H3,(H,13,14,18). The normalized spacial score (nSPS) is 15.8. The summed E-state index contributed by atoms with van der Waals surface area (Å²) in [7, 11) is 3.06. The van der Waals surface area contributed by atoms with Crippen LogP contribution in [0.15, 0.2) is 16.7 Å². The third-order valence-electron chi connectivity index (χ3n) is 3.41. The van der Waals surface area contributed by atoms with Crippen molar-refractivity contribution in [2.24, 2.45) is 7.05 Å². The Labute approximate surface area is 112 Å². The number of aromatic amines is 1. The van der Waals surface area contributed by atoms with Crippen LogP contribution < -0.4 is 5.56 Å². The fourth-order valence-corrected chi connectivity index (χ4v) is 2.28. The number of aromatic nitrogens is 4. The van der Waals surface area contributed by atoms with E-state index in [1.165, 1.54) is 17.9 Å². The monoisotopic (exact) mass is 273 g/mol. The van der Waals surface area contributed by atoms with Crippen LogP contribution in [0, 0.1) is 0 Å². The fraction of sp³-hybridized carbons (Fsp3) is 0.250. The molecule has 0 fully saturated rings. The van der Waals surface area contributed by atoms with Gasteiger partial charge in [-0.05, 0) is 6.92 Å². The Morgan fingerprint density at radius 2 is 1.85 bits per heavy atom. The largest absolute Gasteiger partial charge is 0.311 e. The van der Waals surface area contributed by atoms with E-state index >= 15 is 0 Å². The molecule has 1 aliphatic heterocycles. The highest BCUT2D eigenvalue weighted by molar-refractivity contribution is 6.35. The summed E-state index contributed by atoms with van der Waals surface area (Å²) in [6.45, 7) is 1.57. The average molecular weight is 273 g/mol. The molecule has 3 rings (SSSR count). The second kappa shape index (κ2) is 3.86. The molecule has 2 amide bonds. The quantitative estimate of drug-likeness (QED) is 0.701. The van der Waals surface area contributed by atoms with Crippen LogP contribution in [-0.2, 0) is 16.6 Å². The maximum Gasteiger partial charge on any atom is 0.278 e. The van der Waals surface area contributed by atoms with E-state index in [4.69, 9.17) is 0 Å². The van der Waals surface area contributed by atoms with Crippen molar-refractivity contribution in [3.8, 4) is 0 Å². The number of imidazole rings is 1. The number of carbonyl (C=O) groups excluding carboxylic acids is 2.